The third-order valence-electron chi connectivity index (χ3n) is 2.99. The van der Waals surface area contributed by atoms with Crippen molar-refractivity contribution >= 4 is 6.09 Å². The van der Waals surface area contributed by atoms with E-state index in [0.717, 1.165) is 38.9 Å². The van der Waals surface area contributed by atoms with Crippen molar-refractivity contribution in [1.82, 2.24) is 4.90 Å². The average molecular weight is 242 g/mol. The summed E-state index contributed by atoms with van der Waals surface area (Å²) in [6.07, 6.45) is 4.28. The predicted octanol–water partition coefficient (Wildman–Crippen LogP) is 2.37. The second-order valence-electron chi connectivity index (χ2n) is 5.87. The lowest BCUT2D eigenvalue weighted by Gasteiger charge is -2.34. The molecule has 0 aromatic carbocycles. The summed E-state index contributed by atoms with van der Waals surface area (Å²) in [5.41, 5.74) is 5.12. The summed E-state index contributed by atoms with van der Waals surface area (Å²) in [6, 6.07) is 0. The van der Waals surface area contributed by atoms with Crippen LogP contribution in [0.25, 0.3) is 0 Å². The fraction of sp³-hybridized carbons (Fsp3) is 0.923. The molecular formula is C13H26N2O2. The minimum Gasteiger partial charge on any atom is -0.444 e. The van der Waals surface area contributed by atoms with Gasteiger partial charge in [-0.05, 0) is 58.9 Å². The van der Waals surface area contributed by atoms with E-state index >= 15 is 0 Å². The van der Waals surface area contributed by atoms with Crippen molar-refractivity contribution in [3.8, 4) is 0 Å². The standard InChI is InChI=1S/C13H26N2O2/c1-13(2,3)17-12(16)15-9-5-7-11(10-15)6-4-8-14/h11H,4-10,14H2,1-3H3/t11-/m0/s1. The zero-order valence-electron chi connectivity index (χ0n) is 11.4. The second kappa shape index (κ2) is 6.24. The van der Waals surface area contributed by atoms with Crippen LogP contribution in [0.15, 0.2) is 0 Å². The van der Waals surface area contributed by atoms with Crippen molar-refractivity contribution in [3.63, 3.8) is 0 Å². The van der Waals surface area contributed by atoms with Crippen LogP contribution in [0.4, 0.5) is 4.79 Å². The molecule has 0 aliphatic carbocycles. The quantitative estimate of drug-likeness (QED) is 0.826. The Hall–Kier alpha value is -0.770. The lowest BCUT2D eigenvalue weighted by atomic mass is 9.94. The molecule has 0 bridgehead atoms. The molecule has 0 radical (unpaired) electrons. The van der Waals surface area contributed by atoms with Crippen molar-refractivity contribution in [2.24, 2.45) is 11.7 Å². The smallest absolute Gasteiger partial charge is 0.410 e. The highest BCUT2D eigenvalue weighted by Gasteiger charge is 2.27. The highest BCUT2D eigenvalue weighted by Crippen LogP contribution is 2.22. The van der Waals surface area contributed by atoms with Crippen molar-refractivity contribution in [1.29, 1.82) is 0 Å². The highest BCUT2D eigenvalue weighted by atomic mass is 16.6. The zero-order valence-corrected chi connectivity index (χ0v) is 11.4. The summed E-state index contributed by atoms with van der Waals surface area (Å²) in [5.74, 6) is 0.597. The van der Waals surface area contributed by atoms with Crippen LogP contribution in [0.1, 0.15) is 46.5 Å². The number of hydrogen-bond donors (Lipinski definition) is 1. The van der Waals surface area contributed by atoms with E-state index in [1.54, 1.807) is 0 Å². The number of piperidine rings is 1. The molecule has 0 saturated carbocycles. The van der Waals surface area contributed by atoms with Crippen molar-refractivity contribution in [2.45, 2.75) is 52.1 Å². The number of hydrogen-bond acceptors (Lipinski definition) is 3. The van der Waals surface area contributed by atoms with Crippen LogP contribution in [0.3, 0.4) is 0 Å². The summed E-state index contributed by atoms with van der Waals surface area (Å²) in [4.78, 5) is 13.8. The van der Waals surface area contributed by atoms with Gasteiger partial charge < -0.3 is 15.4 Å². The molecule has 0 unspecified atom stereocenters. The largest absolute Gasteiger partial charge is 0.444 e. The van der Waals surface area contributed by atoms with Gasteiger partial charge in [0, 0.05) is 13.1 Å². The first kappa shape index (κ1) is 14.3. The minimum absolute atomic E-state index is 0.171. The molecule has 17 heavy (non-hydrogen) atoms. The fourth-order valence-electron chi connectivity index (χ4n) is 2.20. The number of rotatable bonds is 3. The topological polar surface area (TPSA) is 55.6 Å². The van der Waals surface area contributed by atoms with Crippen LogP contribution < -0.4 is 5.73 Å². The van der Waals surface area contributed by atoms with Crippen LogP contribution in [-0.2, 0) is 4.74 Å². The van der Waals surface area contributed by atoms with Gasteiger partial charge in [-0.1, -0.05) is 0 Å². The van der Waals surface area contributed by atoms with Gasteiger partial charge in [-0.15, -0.1) is 0 Å². The Bertz CT molecular complexity index is 248. The summed E-state index contributed by atoms with van der Waals surface area (Å²) in [5, 5.41) is 0. The Kier molecular flexibility index (Phi) is 5.25. The number of likely N-dealkylation sites (tertiary alicyclic amines) is 1. The molecule has 1 aliphatic rings. The normalized spacial score (nSPS) is 21.4. The van der Waals surface area contributed by atoms with Crippen LogP contribution in [0.5, 0.6) is 0 Å². The SMILES string of the molecule is CC(C)(C)OC(=O)N1CCC[C@H](CCCN)C1. The molecule has 4 heteroatoms. The van der Waals surface area contributed by atoms with Crippen LogP contribution in [0, 0.1) is 5.92 Å². The molecule has 1 atom stereocenters. The Morgan fingerprint density at radius 3 is 2.76 bits per heavy atom. The van der Waals surface area contributed by atoms with E-state index in [4.69, 9.17) is 10.5 Å². The zero-order chi connectivity index (χ0) is 12.9. The lowest BCUT2D eigenvalue weighted by Crippen LogP contribution is -2.42. The van der Waals surface area contributed by atoms with E-state index in [1.807, 2.05) is 25.7 Å². The van der Waals surface area contributed by atoms with Crippen molar-refractivity contribution in [3.05, 3.63) is 0 Å². The second-order valence-corrected chi connectivity index (χ2v) is 5.87. The molecule has 0 spiro atoms. The first-order chi connectivity index (χ1) is 7.92. The first-order valence-corrected chi connectivity index (χ1v) is 6.60. The maximum absolute atomic E-state index is 11.9. The molecule has 4 nitrogen and oxygen atoms in total. The van der Waals surface area contributed by atoms with Crippen molar-refractivity contribution in [2.75, 3.05) is 19.6 Å². The van der Waals surface area contributed by atoms with Gasteiger partial charge in [0.05, 0.1) is 0 Å². The number of amides is 1. The molecule has 100 valence electrons. The molecule has 1 saturated heterocycles. The van der Waals surface area contributed by atoms with Gasteiger partial charge in [-0.2, -0.15) is 0 Å². The number of nitrogens with two attached hydrogens (primary N) is 1. The van der Waals surface area contributed by atoms with E-state index in [2.05, 4.69) is 0 Å². The van der Waals surface area contributed by atoms with Gasteiger partial charge in [-0.25, -0.2) is 4.79 Å². The maximum Gasteiger partial charge on any atom is 0.410 e. The molecular weight excluding hydrogens is 216 g/mol. The van der Waals surface area contributed by atoms with Gasteiger partial charge in [0.2, 0.25) is 0 Å². The third-order valence-corrected chi connectivity index (χ3v) is 2.99. The molecule has 1 amide bonds. The Morgan fingerprint density at radius 2 is 2.18 bits per heavy atom. The van der Waals surface area contributed by atoms with E-state index in [9.17, 15) is 4.79 Å². The molecule has 1 aliphatic heterocycles. The van der Waals surface area contributed by atoms with Crippen LogP contribution in [-0.4, -0.2) is 36.2 Å². The number of carbonyl (C=O) groups excluding carboxylic acids is 1. The van der Waals surface area contributed by atoms with Crippen molar-refractivity contribution < 1.29 is 9.53 Å². The third kappa shape index (κ3) is 5.39. The van der Waals surface area contributed by atoms with E-state index in [1.165, 1.54) is 6.42 Å². The van der Waals surface area contributed by atoms with Gasteiger partial charge in [0.25, 0.3) is 0 Å². The Balaban J connectivity index is 2.40. The van der Waals surface area contributed by atoms with E-state index in [0.29, 0.717) is 5.92 Å². The van der Waals surface area contributed by atoms with Crippen LogP contribution in [0.2, 0.25) is 0 Å². The summed E-state index contributed by atoms with van der Waals surface area (Å²) in [7, 11) is 0. The van der Waals surface area contributed by atoms with Gasteiger partial charge in [0.15, 0.2) is 0 Å². The number of ether oxygens (including phenoxy) is 1. The first-order valence-electron chi connectivity index (χ1n) is 6.60. The monoisotopic (exact) mass is 242 g/mol. The predicted molar refractivity (Wildman–Crippen MR) is 68.8 cm³/mol. The molecule has 2 N–H and O–H groups in total. The maximum atomic E-state index is 11.9. The summed E-state index contributed by atoms with van der Waals surface area (Å²) in [6.45, 7) is 8.11. The van der Waals surface area contributed by atoms with E-state index in [-0.39, 0.29) is 6.09 Å². The molecule has 0 aromatic heterocycles. The fourth-order valence-corrected chi connectivity index (χ4v) is 2.20. The summed E-state index contributed by atoms with van der Waals surface area (Å²) < 4.78 is 5.39. The molecule has 1 heterocycles. The summed E-state index contributed by atoms with van der Waals surface area (Å²) >= 11 is 0. The minimum atomic E-state index is -0.402. The Labute approximate surface area is 104 Å². The molecule has 0 aromatic rings. The lowest BCUT2D eigenvalue weighted by molar-refractivity contribution is 0.0161. The van der Waals surface area contributed by atoms with Gasteiger partial charge in [-0.3, -0.25) is 0 Å². The molecule has 1 fully saturated rings. The molecule has 1 rings (SSSR count). The van der Waals surface area contributed by atoms with Gasteiger partial charge in [0.1, 0.15) is 5.60 Å². The van der Waals surface area contributed by atoms with Gasteiger partial charge >= 0.3 is 6.09 Å². The number of nitrogens with zero attached hydrogens (tertiary/aromatic N) is 1. The van der Waals surface area contributed by atoms with Crippen LogP contribution >= 0.6 is 0 Å². The Morgan fingerprint density at radius 1 is 1.47 bits per heavy atom. The average Bonchev–Trinajstić information content (AvgIpc) is 2.24. The van der Waals surface area contributed by atoms with E-state index < -0.39 is 5.60 Å². The number of carbonyl (C=O) groups is 1. The highest BCUT2D eigenvalue weighted by molar-refractivity contribution is 5.68.